The second-order valence-corrected chi connectivity index (χ2v) is 4.79. The van der Waals surface area contributed by atoms with E-state index in [1.807, 2.05) is 11.8 Å². The number of nitrogens with one attached hydrogen (secondary N) is 2. The molecule has 2 amide bonds. The summed E-state index contributed by atoms with van der Waals surface area (Å²) in [6.45, 7) is 4.85. The zero-order valence-electron chi connectivity index (χ0n) is 10.4. The lowest BCUT2D eigenvalue weighted by Gasteiger charge is -2.17. The molecule has 1 aliphatic carbocycles. The van der Waals surface area contributed by atoms with Crippen LogP contribution in [0.1, 0.15) is 26.2 Å². The van der Waals surface area contributed by atoms with Crippen LogP contribution in [0.4, 0.5) is 0 Å². The molecule has 0 bridgehead atoms. The van der Waals surface area contributed by atoms with E-state index in [0.717, 1.165) is 32.4 Å². The zero-order chi connectivity index (χ0) is 12.3. The molecule has 0 spiro atoms. The van der Waals surface area contributed by atoms with Gasteiger partial charge in [-0.3, -0.25) is 9.59 Å². The van der Waals surface area contributed by atoms with Crippen molar-refractivity contribution in [3.8, 4) is 0 Å². The third kappa shape index (κ3) is 3.19. The predicted molar refractivity (Wildman–Crippen MR) is 64.4 cm³/mol. The molecule has 17 heavy (non-hydrogen) atoms. The molecule has 1 atom stereocenters. The van der Waals surface area contributed by atoms with Crippen molar-refractivity contribution in [1.82, 2.24) is 15.5 Å². The summed E-state index contributed by atoms with van der Waals surface area (Å²) in [6, 6.07) is -0.0147. The molecule has 0 aromatic carbocycles. The number of carbonyl (C=O) groups excluding carboxylic acids is 2. The molecule has 5 heteroatoms. The topological polar surface area (TPSA) is 61.4 Å². The van der Waals surface area contributed by atoms with Crippen LogP contribution in [-0.2, 0) is 9.59 Å². The van der Waals surface area contributed by atoms with Crippen LogP contribution in [0.5, 0.6) is 0 Å². The first-order valence-corrected chi connectivity index (χ1v) is 6.52. The van der Waals surface area contributed by atoms with Crippen molar-refractivity contribution < 1.29 is 9.59 Å². The number of hydrogen-bond acceptors (Lipinski definition) is 3. The molecule has 0 aromatic rings. The number of likely N-dealkylation sites (tertiary alicyclic amines) is 1. The summed E-state index contributed by atoms with van der Waals surface area (Å²) in [5.74, 6) is 0.575. The first kappa shape index (κ1) is 12.4. The lowest BCUT2D eigenvalue weighted by Crippen LogP contribution is -2.41. The van der Waals surface area contributed by atoms with E-state index in [2.05, 4.69) is 10.6 Å². The Hall–Kier alpha value is -1.10. The van der Waals surface area contributed by atoms with Gasteiger partial charge < -0.3 is 15.5 Å². The van der Waals surface area contributed by atoms with Gasteiger partial charge in [-0.15, -0.1) is 0 Å². The molecule has 1 heterocycles. The molecule has 1 unspecified atom stereocenters. The average molecular weight is 239 g/mol. The van der Waals surface area contributed by atoms with Gasteiger partial charge in [0.25, 0.3) is 0 Å². The van der Waals surface area contributed by atoms with E-state index in [9.17, 15) is 9.59 Å². The van der Waals surface area contributed by atoms with E-state index in [1.54, 1.807) is 0 Å². The number of carbonyl (C=O) groups is 2. The Kier molecular flexibility index (Phi) is 3.99. The maximum atomic E-state index is 11.9. The monoisotopic (exact) mass is 239 g/mol. The summed E-state index contributed by atoms with van der Waals surface area (Å²) in [6.07, 6.45) is 2.93. The normalized spacial score (nSPS) is 24.2. The number of nitrogens with zero attached hydrogens (tertiary/aromatic N) is 1. The predicted octanol–water partition coefficient (Wildman–Crippen LogP) is -0.277. The fraction of sp³-hybridized carbons (Fsp3) is 0.833. The van der Waals surface area contributed by atoms with Crippen molar-refractivity contribution in [2.75, 3.05) is 26.2 Å². The van der Waals surface area contributed by atoms with Crippen LogP contribution in [-0.4, -0.2) is 48.9 Å². The summed E-state index contributed by atoms with van der Waals surface area (Å²) in [5.41, 5.74) is 0. The lowest BCUT2D eigenvalue weighted by atomic mass is 10.2. The summed E-state index contributed by atoms with van der Waals surface area (Å²) in [7, 11) is 0. The van der Waals surface area contributed by atoms with Gasteiger partial charge in [-0.1, -0.05) is 6.92 Å². The molecule has 2 aliphatic rings. The summed E-state index contributed by atoms with van der Waals surface area (Å²) in [5, 5.41) is 6.06. The third-order valence-corrected chi connectivity index (χ3v) is 3.38. The molecular weight excluding hydrogens is 218 g/mol. The van der Waals surface area contributed by atoms with Crippen molar-refractivity contribution >= 4 is 11.8 Å². The van der Waals surface area contributed by atoms with Gasteiger partial charge in [0.15, 0.2) is 0 Å². The molecule has 1 aliphatic heterocycles. The van der Waals surface area contributed by atoms with Crippen molar-refractivity contribution in [2.45, 2.75) is 32.2 Å². The molecule has 2 fully saturated rings. The van der Waals surface area contributed by atoms with E-state index in [4.69, 9.17) is 0 Å². The number of hydrogen-bond donors (Lipinski definition) is 2. The fourth-order valence-electron chi connectivity index (χ4n) is 2.20. The third-order valence-electron chi connectivity index (χ3n) is 3.38. The summed E-state index contributed by atoms with van der Waals surface area (Å²) < 4.78 is 0. The minimum Gasteiger partial charge on any atom is -0.354 e. The van der Waals surface area contributed by atoms with E-state index in [0.29, 0.717) is 13.1 Å². The second kappa shape index (κ2) is 5.49. The van der Waals surface area contributed by atoms with Crippen LogP contribution >= 0.6 is 0 Å². The maximum absolute atomic E-state index is 11.9. The Morgan fingerprint density at radius 3 is 2.82 bits per heavy atom. The van der Waals surface area contributed by atoms with E-state index in [1.165, 1.54) is 0 Å². The smallest absolute Gasteiger partial charge is 0.239 e. The minimum absolute atomic E-state index is 0.0147. The molecule has 1 saturated carbocycles. The molecule has 0 radical (unpaired) electrons. The Balaban J connectivity index is 1.65. The molecule has 5 nitrogen and oxygen atoms in total. The van der Waals surface area contributed by atoms with Gasteiger partial charge in [-0.25, -0.2) is 0 Å². The van der Waals surface area contributed by atoms with Crippen molar-refractivity contribution in [3.05, 3.63) is 0 Å². The molecule has 96 valence electrons. The van der Waals surface area contributed by atoms with Crippen LogP contribution in [0.25, 0.3) is 0 Å². The van der Waals surface area contributed by atoms with Crippen LogP contribution in [0.2, 0.25) is 0 Å². The highest BCUT2D eigenvalue weighted by Crippen LogP contribution is 2.28. The highest BCUT2D eigenvalue weighted by molar-refractivity contribution is 5.84. The highest BCUT2D eigenvalue weighted by atomic mass is 16.2. The zero-order valence-corrected chi connectivity index (χ0v) is 10.4. The molecule has 1 saturated heterocycles. The van der Waals surface area contributed by atoms with Crippen molar-refractivity contribution in [2.24, 2.45) is 5.92 Å². The van der Waals surface area contributed by atoms with Crippen LogP contribution < -0.4 is 10.6 Å². The number of amides is 2. The second-order valence-electron chi connectivity index (χ2n) is 4.79. The van der Waals surface area contributed by atoms with E-state index >= 15 is 0 Å². The highest BCUT2D eigenvalue weighted by Gasteiger charge is 2.31. The lowest BCUT2D eigenvalue weighted by molar-refractivity contribution is -0.130. The average Bonchev–Trinajstić information content (AvgIpc) is 3.10. The van der Waals surface area contributed by atoms with Crippen molar-refractivity contribution in [1.29, 1.82) is 0 Å². The first-order valence-electron chi connectivity index (χ1n) is 6.52. The summed E-state index contributed by atoms with van der Waals surface area (Å²) >= 11 is 0. The quantitative estimate of drug-likeness (QED) is 0.670. The van der Waals surface area contributed by atoms with Crippen LogP contribution in [0.3, 0.4) is 0 Å². The Morgan fingerprint density at radius 1 is 1.41 bits per heavy atom. The van der Waals surface area contributed by atoms with Gasteiger partial charge in [0, 0.05) is 25.6 Å². The van der Waals surface area contributed by atoms with Gasteiger partial charge in [-0.2, -0.15) is 0 Å². The first-order chi connectivity index (χ1) is 8.22. The number of rotatable bonds is 6. The molecule has 2 rings (SSSR count). The minimum atomic E-state index is -0.0147. The Morgan fingerprint density at radius 2 is 2.18 bits per heavy atom. The molecule has 0 aromatic heterocycles. The van der Waals surface area contributed by atoms with E-state index in [-0.39, 0.29) is 23.8 Å². The maximum Gasteiger partial charge on any atom is 0.239 e. The van der Waals surface area contributed by atoms with Crippen LogP contribution in [0.15, 0.2) is 0 Å². The van der Waals surface area contributed by atoms with Gasteiger partial charge in [0.2, 0.25) is 11.8 Å². The number of likely N-dealkylation sites (N-methyl/N-ethyl adjacent to an activating group) is 1. The molecule has 2 N–H and O–H groups in total. The van der Waals surface area contributed by atoms with Gasteiger partial charge in [0.05, 0.1) is 6.04 Å². The Labute approximate surface area is 102 Å². The van der Waals surface area contributed by atoms with Gasteiger partial charge in [-0.05, 0) is 25.8 Å². The van der Waals surface area contributed by atoms with Gasteiger partial charge >= 0.3 is 0 Å². The largest absolute Gasteiger partial charge is 0.354 e. The van der Waals surface area contributed by atoms with Gasteiger partial charge in [0.1, 0.15) is 0 Å². The summed E-state index contributed by atoms with van der Waals surface area (Å²) in [4.78, 5) is 25.1. The van der Waals surface area contributed by atoms with E-state index < -0.39 is 0 Å². The Bertz CT molecular complexity index is 302. The van der Waals surface area contributed by atoms with Crippen LogP contribution in [0, 0.1) is 5.92 Å². The fourth-order valence-corrected chi connectivity index (χ4v) is 2.20. The molecular formula is C12H21N3O2. The van der Waals surface area contributed by atoms with Crippen molar-refractivity contribution in [3.63, 3.8) is 0 Å². The SMILES string of the molecule is CCNC1CCN(CCNC(=O)C2CC2)C1=O. The standard InChI is InChI=1S/C12H21N3O2/c1-2-13-10-5-7-15(12(10)17)8-6-14-11(16)9-3-4-9/h9-10,13H,2-8H2,1H3,(H,14,16).